The van der Waals surface area contributed by atoms with E-state index in [4.69, 9.17) is 9.47 Å². The Morgan fingerprint density at radius 3 is 2.33 bits per heavy atom. The normalized spacial score (nSPS) is 10.3. The Balaban J connectivity index is 1.73. The zero-order chi connectivity index (χ0) is 19.5. The smallest absolute Gasteiger partial charge is 0.338 e. The highest BCUT2D eigenvalue weighted by molar-refractivity contribution is 7.99. The molecule has 0 atom stereocenters. The first-order valence-electron chi connectivity index (χ1n) is 8.99. The molecule has 0 saturated heterocycles. The maximum Gasteiger partial charge on any atom is 0.338 e. The highest BCUT2D eigenvalue weighted by Crippen LogP contribution is 2.17. The summed E-state index contributed by atoms with van der Waals surface area (Å²) in [6, 6.07) is 14.6. The van der Waals surface area contributed by atoms with E-state index in [-0.39, 0.29) is 11.9 Å². The first-order chi connectivity index (χ1) is 13.1. The van der Waals surface area contributed by atoms with Crippen LogP contribution in [0.2, 0.25) is 0 Å². The van der Waals surface area contributed by atoms with E-state index in [0.29, 0.717) is 30.3 Å². The average Bonchev–Trinajstić information content (AvgIpc) is 2.68. The molecule has 0 spiro atoms. The fraction of sp³-hybridized carbons (Fsp3) is 0.333. The van der Waals surface area contributed by atoms with Gasteiger partial charge in [-0.2, -0.15) is 0 Å². The van der Waals surface area contributed by atoms with Gasteiger partial charge in [0.2, 0.25) is 5.91 Å². The Morgan fingerprint density at radius 1 is 1.00 bits per heavy atom. The van der Waals surface area contributed by atoms with Crippen molar-refractivity contribution in [3.05, 3.63) is 59.7 Å². The fourth-order valence-corrected chi connectivity index (χ4v) is 3.06. The number of carbonyl (C=O) groups is 2. The van der Waals surface area contributed by atoms with Gasteiger partial charge in [0.05, 0.1) is 24.5 Å². The molecule has 2 rings (SSSR count). The van der Waals surface area contributed by atoms with E-state index in [1.54, 1.807) is 12.1 Å². The zero-order valence-electron chi connectivity index (χ0n) is 15.7. The second kappa shape index (κ2) is 11.3. The Labute approximate surface area is 164 Å². The van der Waals surface area contributed by atoms with Crippen molar-refractivity contribution in [2.75, 3.05) is 24.3 Å². The molecule has 0 saturated carbocycles. The lowest BCUT2D eigenvalue weighted by atomic mass is 10.1. The van der Waals surface area contributed by atoms with Crippen LogP contribution in [0.4, 0.5) is 5.69 Å². The van der Waals surface area contributed by atoms with Gasteiger partial charge in [-0.25, -0.2) is 4.79 Å². The molecule has 2 aromatic rings. The van der Waals surface area contributed by atoms with Crippen LogP contribution in [0.1, 0.15) is 36.2 Å². The second-order valence-electron chi connectivity index (χ2n) is 5.83. The third-order valence-electron chi connectivity index (χ3n) is 3.58. The molecule has 0 aromatic heterocycles. The molecule has 1 N–H and O–H groups in total. The molecule has 0 aliphatic heterocycles. The lowest BCUT2D eigenvalue weighted by Crippen LogP contribution is -2.14. The van der Waals surface area contributed by atoms with Crippen molar-refractivity contribution in [2.24, 2.45) is 0 Å². The molecule has 0 unspecified atom stereocenters. The van der Waals surface area contributed by atoms with E-state index < -0.39 is 0 Å². The predicted molar refractivity (Wildman–Crippen MR) is 109 cm³/mol. The molecular weight excluding hydrogens is 362 g/mol. The van der Waals surface area contributed by atoms with E-state index in [1.807, 2.05) is 50.2 Å². The van der Waals surface area contributed by atoms with Gasteiger partial charge in [-0.15, -0.1) is 11.8 Å². The van der Waals surface area contributed by atoms with Crippen molar-refractivity contribution in [3.63, 3.8) is 0 Å². The van der Waals surface area contributed by atoms with Crippen molar-refractivity contribution in [1.29, 1.82) is 0 Å². The summed E-state index contributed by atoms with van der Waals surface area (Å²) in [6.07, 6.45) is 0.805. The van der Waals surface area contributed by atoms with Crippen LogP contribution in [0.25, 0.3) is 0 Å². The number of hydrogen-bond acceptors (Lipinski definition) is 5. The Bertz CT molecular complexity index is 729. The number of carbonyl (C=O) groups excluding carboxylic acids is 2. The van der Waals surface area contributed by atoms with Crippen LogP contribution in [0, 0.1) is 0 Å². The van der Waals surface area contributed by atoms with Crippen molar-refractivity contribution in [1.82, 2.24) is 0 Å². The molecule has 144 valence electrons. The molecule has 0 radical (unpaired) electrons. The van der Waals surface area contributed by atoms with Gasteiger partial charge in [0, 0.05) is 11.4 Å². The van der Waals surface area contributed by atoms with Gasteiger partial charge in [0.25, 0.3) is 0 Å². The van der Waals surface area contributed by atoms with Crippen LogP contribution >= 0.6 is 11.8 Å². The Hall–Kier alpha value is -2.47. The maximum atomic E-state index is 12.0. The first-order valence-corrected chi connectivity index (χ1v) is 10.1. The molecule has 0 heterocycles. The largest absolute Gasteiger partial charge is 0.494 e. The lowest BCUT2D eigenvalue weighted by molar-refractivity contribution is -0.113. The topological polar surface area (TPSA) is 64.6 Å². The fourth-order valence-electron chi connectivity index (χ4n) is 2.27. The SMILES string of the molecule is CCCOC(=O)c1ccc(CSCC(=O)Nc2ccc(OCC)cc2)cc1. The lowest BCUT2D eigenvalue weighted by Gasteiger charge is -2.07. The van der Waals surface area contributed by atoms with Crippen molar-refractivity contribution < 1.29 is 19.1 Å². The van der Waals surface area contributed by atoms with Gasteiger partial charge in [0.15, 0.2) is 0 Å². The standard InChI is InChI=1S/C21H25NO4S/c1-3-13-26-21(24)17-7-5-16(6-8-17)14-27-15-20(23)22-18-9-11-19(12-10-18)25-4-2/h5-12H,3-4,13-15H2,1-2H3,(H,22,23). The number of ether oxygens (including phenoxy) is 2. The highest BCUT2D eigenvalue weighted by atomic mass is 32.2. The predicted octanol–water partition coefficient (Wildman–Crippen LogP) is 4.52. The van der Waals surface area contributed by atoms with E-state index in [2.05, 4.69) is 5.32 Å². The van der Waals surface area contributed by atoms with Gasteiger partial charge in [-0.3, -0.25) is 4.79 Å². The van der Waals surface area contributed by atoms with Gasteiger partial charge in [-0.1, -0.05) is 19.1 Å². The Kier molecular flexibility index (Phi) is 8.71. The number of thioether (sulfide) groups is 1. The summed E-state index contributed by atoms with van der Waals surface area (Å²) in [5.41, 5.74) is 2.35. The van der Waals surface area contributed by atoms with Crippen LogP contribution in [-0.4, -0.2) is 30.8 Å². The quantitative estimate of drug-likeness (QED) is 0.607. The van der Waals surface area contributed by atoms with Crippen LogP contribution in [-0.2, 0) is 15.3 Å². The summed E-state index contributed by atoms with van der Waals surface area (Å²) in [5.74, 6) is 1.48. The number of amides is 1. The molecule has 27 heavy (non-hydrogen) atoms. The van der Waals surface area contributed by atoms with Crippen molar-refractivity contribution >= 4 is 29.3 Å². The summed E-state index contributed by atoms with van der Waals surface area (Å²) in [7, 11) is 0. The number of nitrogens with one attached hydrogen (secondary N) is 1. The van der Waals surface area contributed by atoms with Crippen LogP contribution in [0.5, 0.6) is 5.75 Å². The molecule has 0 aliphatic carbocycles. The van der Waals surface area contributed by atoms with Crippen molar-refractivity contribution in [3.8, 4) is 5.75 Å². The number of esters is 1. The third-order valence-corrected chi connectivity index (χ3v) is 4.58. The number of anilines is 1. The zero-order valence-corrected chi connectivity index (χ0v) is 16.5. The summed E-state index contributed by atoms with van der Waals surface area (Å²) < 4.78 is 10.5. The van der Waals surface area contributed by atoms with E-state index >= 15 is 0 Å². The van der Waals surface area contributed by atoms with Crippen LogP contribution < -0.4 is 10.1 Å². The molecule has 0 fully saturated rings. The molecular formula is C21H25NO4S. The van der Waals surface area contributed by atoms with Gasteiger partial charge >= 0.3 is 5.97 Å². The molecule has 5 nitrogen and oxygen atoms in total. The van der Waals surface area contributed by atoms with Crippen LogP contribution in [0.15, 0.2) is 48.5 Å². The summed E-state index contributed by atoms with van der Waals surface area (Å²) in [6.45, 7) is 4.93. The third kappa shape index (κ3) is 7.35. The first kappa shape index (κ1) is 20.8. The molecule has 0 aliphatic rings. The molecule has 2 aromatic carbocycles. The van der Waals surface area contributed by atoms with E-state index in [1.165, 1.54) is 11.8 Å². The second-order valence-corrected chi connectivity index (χ2v) is 6.82. The van der Waals surface area contributed by atoms with E-state index in [0.717, 1.165) is 23.4 Å². The minimum atomic E-state index is -0.300. The summed E-state index contributed by atoms with van der Waals surface area (Å²) in [5, 5.41) is 2.86. The van der Waals surface area contributed by atoms with Gasteiger partial charge in [-0.05, 0) is 55.3 Å². The minimum Gasteiger partial charge on any atom is -0.494 e. The van der Waals surface area contributed by atoms with Crippen molar-refractivity contribution in [2.45, 2.75) is 26.0 Å². The van der Waals surface area contributed by atoms with E-state index in [9.17, 15) is 9.59 Å². The highest BCUT2D eigenvalue weighted by Gasteiger charge is 2.07. The van der Waals surface area contributed by atoms with Gasteiger partial charge < -0.3 is 14.8 Å². The summed E-state index contributed by atoms with van der Waals surface area (Å²) >= 11 is 1.52. The monoisotopic (exact) mass is 387 g/mol. The maximum absolute atomic E-state index is 12.0. The number of benzene rings is 2. The van der Waals surface area contributed by atoms with Crippen LogP contribution in [0.3, 0.4) is 0 Å². The summed E-state index contributed by atoms with van der Waals surface area (Å²) in [4.78, 5) is 23.8. The minimum absolute atomic E-state index is 0.0519. The molecule has 0 bridgehead atoms. The molecule has 1 amide bonds. The number of hydrogen-bond donors (Lipinski definition) is 1. The molecule has 6 heteroatoms. The average molecular weight is 388 g/mol. The van der Waals surface area contributed by atoms with Gasteiger partial charge in [0.1, 0.15) is 5.75 Å². The Morgan fingerprint density at radius 2 is 1.70 bits per heavy atom. The number of rotatable bonds is 10.